The number of nitriles is 1. The Kier molecular flexibility index (Phi) is 7.27. The Bertz CT molecular complexity index is 709. The fourth-order valence-corrected chi connectivity index (χ4v) is 3.26. The average molecular weight is 387 g/mol. The van der Waals surface area contributed by atoms with Gasteiger partial charge in [-0.05, 0) is 38.7 Å². The van der Waals surface area contributed by atoms with Crippen molar-refractivity contribution in [2.45, 2.75) is 51.9 Å². The first-order valence-corrected chi connectivity index (χ1v) is 9.49. The number of ether oxygens (including phenoxy) is 2. The highest BCUT2D eigenvalue weighted by atomic mass is 16.6. The quantitative estimate of drug-likeness (QED) is 0.767. The second-order valence-corrected chi connectivity index (χ2v) is 8.06. The molecule has 0 unspecified atom stereocenters. The smallest absolute Gasteiger partial charge is 0.410 e. The summed E-state index contributed by atoms with van der Waals surface area (Å²) >= 11 is 0. The summed E-state index contributed by atoms with van der Waals surface area (Å²) in [5, 5.41) is 9.21. The summed E-state index contributed by atoms with van der Waals surface area (Å²) in [6.45, 7) is 6.63. The zero-order valence-electron chi connectivity index (χ0n) is 17.1. The molecule has 7 nitrogen and oxygen atoms in total. The molecule has 2 atom stereocenters. The van der Waals surface area contributed by atoms with Crippen LogP contribution in [0.3, 0.4) is 0 Å². The number of likely N-dealkylation sites (tertiary alicyclic amines) is 1. The molecule has 1 fully saturated rings. The Morgan fingerprint density at radius 3 is 2.61 bits per heavy atom. The SMILES string of the molecule is CN(C(=O)OC(C)(C)C)[C@H](CC#N)[C@H]1CCN(C(=O)OCc2ccccc2)C1. The molecular formula is C21H29N3O4. The number of carbonyl (C=O) groups is 2. The molecule has 1 heterocycles. The first-order valence-electron chi connectivity index (χ1n) is 9.49. The maximum Gasteiger partial charge on any atom is 0.410 e. The van der Waals surface area contributed by atoms with Crippen molar-refractivity contribution in [3.05, 3.63) is 35.9 Å². The van der Waals surface area contributed by atoms with Crippen molar-refractivity contribution in [3.8, 4) is 6.07 Å². The fraction of sp³-hybridized carbons (Fsp3) is 0.571. The molecule has 152 valence electrons. The van der Waals surface area contributed by atoms with Crippen LogP contribution < -0.4 is 0 Å². The predicted molar refractivity (Wildman–Crippen MR) is 104 cm³/mol. The minimum absolute atomic E-state index is 0.00134. The molecule has 0 bridgehead atoms. The summed E-state index contributed by atoms with van der Waals surface area (Å²) in [4.78, 5) is 27.9. The number of rotatable bonds is 5. The molecule has 0 aromatic heterocycles. The maximum atomic E-state index is 12.4. The Morgan fingerprint density at radius 2 is 2.00 bits per heavy atom. The number of hydrogen-bond donors (Lipinski definition) is 0. The molecule has 0 saturated carbocycles. The third-order valence-electron chi connectivity index (χ3n) is 4.71. The number of benzene rings is 1. The Balaban J connectivity index is 1.93. The van der Waals surface area contributed by atoms with Crippen LogP contribution in [-0.4, -0.2) is 53.8 Å². The Morgan fingerprint density at radius 1 is 1.32 bits per heavy atom. The highest BCUT2D eigenvalue weighted by molar-refractivity contribution is 5.69. The van der Waals surface area contributed by atoms with E-state index in [1.807, 2.05) is 30.3 Å². The van der Waals surface area contributed by atoms with Crippen LogP contribution in [0.2, 0.25) is 0 Å². The van der Waals surface area contributed by atoms with E-state index < -0.39 is 11.7 Å². The Hall–Kier alpha value is -2.75. The molecule has 0 radical (unpaired) electrons. The van der Waals surface area contributed by atoms with E-state index in [1.165, 1.54) is 4.90 Å². The lowest BCUT2D eigenvalue weighted by Crippen LogP contribution is -2.45. The van der Waals surface area contributed by atoms with Gasteiger partial charge < -0.3 is 19.3 Å². The normalized spacial score (nSPS) is 17.5. The molecule has 1 aliphatic rings. The van der Waals surface area contributed by atoms with Crippen molar-refractivity contribution in [2.24, 2.45) is 5.92 Å². The highest BCUT2D eigenvalue weighted by Gasteiger charge is 2.37. The van der Waals surface area contributed by atoms with Gasteiger partial charge in [-0.1, -0.05) is 30.3 Å². The third-order valence-corrected chi connectivity index (χ3v) is 4.71. The second kappa shape index (κ2) is 9.45. The van der Waals surface area contributed by atoms with Crippen molar-refractivity contribution in [2.75, 3.05) is 20.1 Å². The van der Waals surface area contributed by atoms with E-state index in [1.54, 1.807) is 32.7 Å². The molecule has 1 aliphatic heterocycles. The van der Waals surface area contributed by atoms with Crippen molar-refractivity contribution in [1.82, 2.24) is 9.80 Å². The minimum atomic E-state index is -0.606. The van der Waals surface area contributed by atoms with E-state index in [4.69, 9.17) is 9.47 Å². The zero-order chi connectivity index (χ0) is 20.7. The molecule has 0 aliphatic carbocycles. The van der Waals surface area contributed by atoms with Crippen LogP contribution in [0.5, 0.6) is 0 Å². The van der Waals surface area contributed by atoms with Gasteiger partial charge in [0, 0.05) is 20.1 Å². The van der Waals surface area contributed by atoms with Crippen LogP contribution in [-0.2, 0) is 16.1 Å². The Labute approximate surface area is 166 Å². The van der Waals surface area contributed by atoms with Gasteiger partial charge in [0.15, 0.2) is 0 Å². The number of carbonyl (C=O) groups excluding carboxylic acids is 2. The number of nitrogens with zero attached hydrogens (tertiary/aromatic N) is 3. The molecule has 7 heteroatoms. The lowest BCUT2D eigenvalue weighted by atomic mass is 9.95. The van der Waals surface area contributed by atoms with Crippen LogP contribution in [0.1, 0.15) is 39.2 Å². The van der Waals surface area contributed by atoms with E-state index in [0.29, 0.717) is 19.5 Å². The molecule has 2 rings (SSSR count). The molecule has 28 heavy (non-hydrogen) atoms. The summed E-state index contributed by atoms with van der Waals surface area (Å²) in [5.41, 5.74) is 0.324. The van der Waals surface area contributed by atoms with Gasteiger partial charge in [-0.15, -0.1) is 0 Å². The van der Waals surface area contributed by atoms with E-state index in [0.717, 1.165) is 5.56 Å². The van der Waals surface area contributed by atoms with Gasteiger partial charge >= 0.3 is 12.2 Å². The number of amides is 2. The van der Waals surface area contributed by atoms with Gasteiger partial charge in [0.2, 0.25) is 0 Å². The molecule has 1 saturated heterocycles. The van der Waals surface area contributed by atoms with E-state index in [9.17, 15) is 14.9 Å². The monoisotopic (exact) mass is 387 g/mol. The van der Waals surface area contributed by atoms with Gasteiger partial charge in [-0.25, -0.2) is 9.59 Å². The minimum Gasteiger partial charge on any atom is -0.445 e. The second-order valence-electron chi connectivity index (χ2n) is 8.06. The topological polar surface area (TPSA) is 82.9 Å². The number of hydrogen-bond acceptors (Lipinski definition) is 5. The highest BCUT2D eigenvalue weighted by Crippen LogP contribution is 2.26. The molecule has 1 aromatic carbocycles. The fourth-order valence-electron chi connectivity index (χ4n) is 3.26. The van der Waals surface area contributed by atoms with Gasteiger partial charge in [0.05, 0.1) is 18.5 Å². The van der Waals surface area contributed by atoms with E-state index in [2.05, 4.69) is 6.07 Å². The standard InChI is InChI=1S/C21H29N3O4/c1-21(2,3)28-19(25)23(4)18(10-12-22)17-11-13-24(14-17)20(26)27-15-16-8-6-5-7-9-16/h5-9,17-18H,10-11,13-15H2,1-4H3/t17-,18+/m0/s1. The van der Waals surface area contributed by atoms with Gasteiger partial charge in [-0.3, -0.25) is 0 Å². The van der Waals surface area contributed by atoms with Crippen LogP contribution in [0.25, 0.3) is 0 Å². The van der Waals surface area contributed by atoms with Crippen molar-refractivity contribution in [3.63, 3.8) is 0 Å². The third kappa shape index (κ3) is 6.15. The summed E-state index contributed by atoms with van der Waals surface area (Å²) in [7, 11) is 1.65. The van der Waals surface area contributed by atoms with Crippen LogP contribution in [0.4, 0.5) is 9.59 Å². The zero-order valence-corrected chi connectivity index (χ0v) is 17.1. The molecule has 0 spiro atoms. The molecule has 1 aromatic rings. The van der Waals surface area contributed by atoms with Gasteiger partial charge in [0.1, 0.15) is 12.2 Å². The predicted octanol–water partition coefficient (Wildman–Crippen LogP) is 3.79. The summed E-state index contributed by atoms with van der Waals surface area (Å²) < 4.78 is 10.8. The average Bonchev–Trinajstić information content (AvgIpc) is 3.13. The van der Waals surface area contributed by atoms with Gasteiger partial charge in [0.25, 0.3) is 0 Å². The summed E-state index contributed by atoms with van der Waals surface area (Å²) in [6, 6.07) is 11.3. The molecular weight excluding hydrogens is 358 g/mol. The lowest BCUT2D eigenvalue weighted by molar-refractivity contribution is 0.0172. The summed E-state index contributed by atoms with van der Waals surface area (Å²) in [6.07, 6.45) is 0.0626. The van der Waals surface area contributed by atoms with E-state index in [-0.39, 0.29) is 31.1 Å². The van der Waals surface area contributed by atoms with Gasteiger partial charge in [-0.2, -0.15) is 5.26 Å². The molecule has 2 amide bonds. The summed E-state index contributed by atoms with van der Waals surface area (Å²) in [5.74, 6) is 0.00134. The lowest BCUT2D eigenvalue weighted by Gasteiger charge is -2.32. The van der Waals surface area contributed by atoms with Crippen LogP contribution in [0, 0.1) is 17.2 Å². The van der Waals surface area contributed by atoms with Crippen LogP contribution in [0.15, 0.2) is 30.3 Å². The first kappa shape index (κ1) is 21.5. The maximum absolute atomic E-state index is 12.4. The van der Waals surface area contributed by atoms with Crippen LogP contribution >= 0.6 is 0 Å². The van der Waals surface area contributed by atoms with Crippen molar-refractivity contribution < 1.29 is 19.1 Å². The molecule has 0 N–H and O–H groups in total. The van der Waals surface area contributed by atoms with Crippen molar-refractivity contribution in [1.29, 1.82) is 5.26 Å². The first-order chi connectivity index (χ1) is 13.2. The largest absolute Gasteiger partial charge is 0.445 e. The van der Waals surface area contributed by atoms with Crippen molar-refractivity contribution >= 4 is 12.2 Å². The van der Waals surface area contributed by atoms with E-state index >= 15 is 0 Å².